The standard InChI is InChI=1S/C13H13NO5.C12H17NO2S/c1-13(2,3)18-12(17)19-14-10(15)8-6-4-5-7-9(8)11(14)16;1-8-6-9(2)13-10(7-8)16-11(14)15-12(3,4)5/h4-7H,1-3H3;6-7H,1-5H3. The van der Waals surface area contributed by atoms with Crippen LogP contribution in [0, 0.1) is 13.8 Å². The van der Waals surface area contributed by atoms with Crippen molar-refractivity contribution in [2.45, 2.75) is 71.6 Å². The fourth-order valence-corrected chi connectivity index (χ4v) is 3.70. The topological polar surface area (TPSA) is 112 Å². The van der Waals surface area contributed by atoms with E-state index in [1.807, 2.05) is 46.8 Å². The lowest BCUT2D eigenvalue weighted by Gasteiger charge is -2.20. The molecule has 10 heteroatoms. The summed E-state index contributed by atoms with van der Waals surface area (Å²) >= 11 is 1.03. The van der Waals surface area contributed by atoms with Crippen LogP contribution in [-0.4, -0.2) is 44.5 Å². The van der Waals surface area contributed by atoms with E-state index in [1.165, 1.54) is 12.1 Å². The van der Waals surface area contributed by atoms with E-state index in [0.29, 0.717) is 10.1 Å². The van der Waals surface area contributed by atoms with Crippen LogP contribution in [0.4, 0.5) is 9.59 Å². The second-order valence-corrected chi connectivity index (χ2v) is 10.7. The maximum Gasteiger partial charge on any atom is 0.534 e. The number of benzene rings is 1. The first-order chi connectivity index (χ1) is 16.1. The quantitative estimate of drug-likeness (QED) is 0.282. The number of nitrogens with zero attached hydrogens (tertiary/aromatic N) is 2. The van der Waals surface area contributed by atoms with Crippen LogP contribution in [0.15, 0.2) is 41.4 Å². The maximum absolute atomic E-state index is 11.9. The van der Waals surface area contributed by atoms with E-state index in [0.717, 1.165) is 23.0 Å². The maximum atomic E-state index is 11.9. The van der Waals surface area contributed by atoms with Crippen molar-refractivity contribution in [2.75, 3.05) is 0 Å². The molecule has 2 amide bonds. The Morgan fingerprint density at radius 3 is 1.83 bits per heavy atom. The summed E-state index contributed by atoms with van der Waals surface area (Å²) in [5, 5.41) is 0.787. The summed E-state index contributed by atoms with van der Waals surface area (Å²) < 4.78 is 10.1. The van der Waals surface area contributed by atoms with Gasteiger partial charge in [-0.05, 0) is 85.2 Å². The summed E-state index contributed by atoms with van der Waals surface area (Å²) in [5.74, 6) is -1.35. The Morgan fingerprint density at radius 1 is 0.857 bits per heavy atom. The van der Waals surface area contributed by atoms with E-state index in [9.17, 15) is 19.2 Å². The van der Waals surface area contributed by atoms with Crippen LogP contribution in [0.25, 0.3) is 0 Å². The smallest absolute Gasteiger partial charge is 0.452 e. The van der Waals surface area contributed by atoms with Crippen LogP contribution in [0.1, 0.15) is 73.5 Å². The summed E-state index contributed by atoms with van der Waals surface area (Å²) in [7, 11) is 0. The number of hydrogen-bond donors (Lipinski definition) is 0. The van der Waals surface area contributed by atoms with Crippen molar-refractivity contribution in [3.8, 4) is 0 Å². The number of hydrogen-bond acceptors (Lipinski definition) is 9. The van der Waals surface area contributed by atoms with Gasteiger partial charge in [0.15, 0.2) is 0 Å². The Labute approximate surface area is 209 Å². The van der Waals surface area contributed by atoms with Crippen molar-refractivity contribution in [1.29, 1.82) is 0 Å². The molecule has 188 valence electrons. The highest BCUT2D eigenvalue weighted by molar-refractivity contribution is 8.13. The summed E-state index contributed by atoms with van der Waals surface area (Å²) in [6.07, 6.45) is -1.10. The molecule has 0 saturated heterocycles. The van der Waals surface area contributed by atoms with Gasteiger partial charge in [0.1, 0.15) is 16.2 Å². The molecule has 9 nitrogen and oxygen atoms in total. The van der Waals surface area contributed by atoms with Gasteiger partial charge in [-0.25, -0.2) is 14.6 Å². The van der Waals surface area contributed by atoms with Gasteiger partial charge in [0.2, 0.25) is 0 Å². The second kappa shape index (κ2) is 10.9. The minimum atomic E-state index is -1.10. The molecule has 0 atom stereocenters. The molecule has 0 saturated carbocycles. The van der Waals surface area contributed by atoms with Gasteiger partial charge in [-0.15, -0.1) is 0 Å². The predicted octanol–water partition coefficient (Wildman–Crippen LogP) is 5.87. The number of imide groups is 1. The molecule has 35 heavy (non-hydrogen) atoms. The number of rotatable bonds is 2. The van der Waals surface area contributed by atoms with Crippen LogP contribution in [0.5, 0.6) is 0 Å². The van der Waals surface area contributed by atoms with Gasteiger partial charge < -0.3 is 9.47 Å². The van der Waals surface area contributed by atoms with Crippen LogP contribution in [-0.2, 0) is 14.3 Å². The molecule has 1 aromatic carbocycles. The Balaban J connectivity index is 0.000000251. The number of thioether (sulfide) groups is 1. The fourth-order valence-electron chi connectivity index (χ4n) is 2.81. The molecule has 2 heterocycles. The molecule has 1 aliphatic rings. The Hall–Kier alpha value is -3.40. The van der Waals surface area contributed by atoms with Crippen LogP contribution >= 0.6 is 11.8 Å². The minimum Gasteiger partial charge on any atom is -0.452 e. The van der Waals surface area contributed by atoms with Crippen molar-refractivity contribution in [2.24, 2.45) is 0 Å². The van der Waals surface area contributed by atoms with Crippen molar-refractivity contribution < 1.29 is 33.5 Å². The molecule has 0 fully saturated rings. The third-order valence-electron chi connectivity index (χ3n) is 3.96. The number of carbonyl (C=O) groups excluding carboxylic acids is 4. The van der Waals surface area contributed by atoms with Gasteiger partial charge in [0.25, 0.3) is 11.8 Å². The minimum absolute atomic E-state index is 0.205. The van der Waals surface area contributed by atoms with E-state index in [2.05, 4.69) is 9.82 Å². The zero-order valence-corrected chi connectivity index (χ0v) is 21.9. The van der Waals surface area contributed by atoms with Gasteiger partial charge in [-0.2, -0.15) is 0 Å². The number of amides is 2. The lowest BCUT2D eigenvalue weighted by molar-refractivity contribution is -0.0943. The largest absolute Gasteiger partial charge is 0.534 e. The van der Waals surface area contributed by atoms with Crippen molar-refractivity contribution in [3.05, 3.63) is 58.8 Å². The number of carbonyl (C=O) groups is 4. The fraction of sp³-hybridized carbons (Fsp3) is 0.400. The number of aromatic nitrogens is 1. The normalized spacial score (nSPS) is 13.0. The van der Waals surface area contributed by atoms with Crippen molar-refractivity contribution in [3.63, 3.8) is 0 Å². The molecule has 0 bridgehead atoms. The van der Waals surface area contributed by atoms with E-state index in [-0.39, 0.29) is 16.4 Å². The molecular weight excluding hydrogens is 472 g/mol. The highest BCUT2D eigenvalue weighted by atomic mass is 32.2. The second-order valence-electron chi connectivity index (χ2n) is 9.70. The molecule has 0 aliphatic carbocycles. The highest BCUT2D eigenvalue weighted by Gasteiger charge is 2.39. The van der Waals surface area contributed by atoms with Crippen molar-refractivity contribution >= 4 is 35.0 Å². The van der Waals surface area contributed by atoms with Crippen molar-refractivity contribution in [1.82, 2.24) is 10.0 Å². The Kier molecular flexibility index (Phi) is 8.67. The zero-order chi connectivity index (χ0) is 26.6. The first kappa shape index (κ1) is 27.8. The molecule has 0 N–H and O–H groups in total. The summed E-state index contributed by atoms with van der Waals surface area (Å²) in [6, 6.07) is 10.1. The number of aryl methyl sites for hydroxylation is 2. The molecule has 0 spiro atoms. The van der Waals surface area contributed by atoms with Gasteiger partial charge >= 0.3 is 11.5 Å². The van der Waals surface area contributed by atoms with E-state index in [4.69, 9.17) is 9.47 Å². The van der Waals surface area contributed by atoms with E-state index < -0.39 is 29.2 Å². The van der Waals surface area contributed by atoms with Gasteiger partial charge in [0, 0.05) is 17.5 Å². The van der Waals surface area contributed by atoms with Crippen LogP contribution in [0.2, 0.25) is 0 Å². The zero-order valence-electron chi connectivity index (χ0n) is 21.1. The lowest BCUT2D eigenvalue weighted by atomic mass is 10.1. The average molecular weight is 503 g/mol. The lowest BCUT2D eigenvalue weighted by Crippen LogP contribution is -2.35. The predicted molar refractivity (Wildman–Crippen MR) is 130 cm³/mol. The van der Waals surface area contributed by atoms with Gasteiger partial charge in [0.05, 0.1) is 11.1 Å². The molecule has 0 unspecified atom stereocenters. The molecule has 2 aromatic rings. The molecule has 0 radical (unpaired) electrons. The van der Waals surface area contributed by atoms with Crippen LogP contribution in [0.3, 0.4) is 0 Å². The molecule has 1 aromatic heterocycles. The number of pyridine rings is 1. The molecular formula is C25H30N2O7S. The number of hydroxylamine groups is 2. The SMILES string of the molecule is CC(C)(C)OC(=O)ON1C(=O)c2ccccc2C1=O.Cc1cc(C)nc(SC(=O)OC(C)(C)C)c1. The van der Waals surface area contributed by atoms with Gasteiger partial charge in [-0.1, -0.05) is 17.2 Å². The molecule has 1 aliphatic heterocycles. The first-order valence-electron chi connectivity index (χ1n) is 10.8. The van der Waals surface area contributed by atoms with E-state index in [1.54, 1.807) is 32.9 Å². The summed E-state index contributed by atoms with van der Waals surface area (Å²) in [5.41, 5.74) is 1.19. The summed E-state index contributed by atoms with van der Waals surface area (Å²) in [6.45, 7) is 14.4. The van der Waals surface area contributed by atoms with Crippen LogP contribution < -0.4 is 0 Å². The number of ether oxygens (including phenoxy) is 2. The third kappa shape index (κ3) is 8.71. The summed E-state index contributed by atoms with van der Waals surface area (Å²) in [4.78, 5) is 55.7. The monoisotopic (exact) mass is 502 g/mol. The highest BCUT2D eigenvalue weighted by Crippen LogP contribution is 2.24. The average Bonchev–Trinajstić information content (AvgIpc) is 2.90. The Bertz CT molecular complexity index is 1080. The Morgan fingerprint density at radius 2 is 1.37 bits per heavy atom. The molecule has 3 rings (SSSR count). The third-order valence-corrected chi connectivity index (χ3v) is 4.63. The van der Waals surface area contributed by atoms with E-state index >= 15 is 0 Å². The number of fused-ring (bicyclic) bond motifs is 1. The first-order valence-corrected chi connectivity index (χ1v) is 11.6. The van der Waals surface area contributed by atoms with Gasteiger partial charge in [-0.3, -0.25) is 14.4 Å².